The minimum atomic E-state index is -0.921. The molecule has 0 bridgehead atoms. The molecule has 2 heterocycles. The molecule has 5 nitrogen and oxygen atoms in total. The van der Waals surface area contributed by atoms with Crippen molar-refractivity contribution in [2.75, 3.05) is 0 Å². The first-order valence-electron chi connectivity index (χ1n) is 7.57. The number of aliphatic carboxylic acids is 1. The topological polar surface area (TPSA) is 82.7 Å². The first kappa shape index (κ1) is 15.3. The standard InChI is InChI=1S/C18H18N2O3/c1-10-4-12(17(21)22)7-15(20-10)11-5-13-8-18(2,3)23-16(13)14(6-11)9-19/h5-7,10H,4,8H2,1-3H3,(H,21,22). The van der Waals surface area contributed by atoms with Crippen molar-refractivity contribution in [3.05, 3.63) is 40.5 Å². The largest absolute Gasteiger partial charge is 0.486 e. The highest BCUT2D eigenvalue weighted by Crippen LogP contribution is 2.38. The summed E-state index contributed by atoms with van der Waals surface area (Å²) in [4.78, 5) is 15.8. The summed E-state index contributed by atoms with van der Waals surface area (Å²) in [5.41, 5.74) is 2.83. The van der Waals surface area contributed by atoms with E-state index in [0.717, 1.165) is 11.1 Å². The molecule has 2 aliphatic rings. The van der Waals surface area contributed by atoms with Gasteiger partial charge in [0.05, 0.1) is 17.3 Å². The predicted octanol–water partition coefficient (Wildman–Crippen LogP) is 2.86. The van der Waals surface area contributed by atoms with Gasteiger partial charge >= 0.3 is 5.97 Å². The molecule has 2 aliphatic heterocycles. The highest BCUT2D eigenvalue weighted by molar-refractivity contribution is 6.13. The van der Waals surface area contributed by atoms with Crippen LogP contribution in [-0.2, 0) is 11.2 Å². The van der Waals surface area contributed by atoms with Gasteiger partial charge < -0.3 is 9.84 Å². The number of carboxylic acid groups (broad SMARTS) is 1. The van der Waals surface area contributed by atoms with Crippen LogP contribution in [0.2, 0.25) is 0 Å². The number of hydrogen-bond donors (Lipinski definition) is 1. The average molecular weight is 310 g/mol. The molecule has 1 aromatic carbocycles. The molecular formula is C18H18N2O3. The molecule has 0 spiro atoms. The summed E-state index contributed by atoms with van der Waals surface area (Å²) >= 11 is 0. The van der Waals surface area contributed by atoms with E-state index < -0.39 is 5.97 Å². The molecule has 0 saturated carbocycles. The van der Waals surface area contributed by atoms with E-state index in [1.54, 1.807) is 12.1 Å². The number of nitriles is 1. The molecule has 1 unspecified atom stereocenters. The minimum absolute atomic E-state index is 0.0902. The van der Waals surface area contributed by atoms with Gasteiger partial charge in [-0.25, -0.2) is 4.79 Å². The van der Waals surface area contributed by atoms with Gasteiger partial charge in [-0.1, -0.05) is 0 Å². The highest BCUT2D eigenvalue weighted by Gasteiger charge is 2.33. The second-order valence-electron chi connectivity index (χ2n) is 6.70. The molecule has 0 radical (unpaired) electrons. The lowest BCUT2D eigenvalue weighted by Gasteiger charge is -2.17. The van der Waals surface area contributed by atoms with Crippen LogP contribution in [-0.4, -0.2) is 28.4 Å². The summed E-state index contributed by atoms with van der Waals surface area (Å²) < 4.78 is 5.87. The lowest BCUT2D eigenvalue weighted by Crippen LogP contribution is -2.24. The Morgan fingerprint density at radius 2 is 2.22 bits per heavy atom. The van der Waals surface area contributed by atoms with Gasteiger partial charge in [0.2, 0.25) is 0 Å². The van der Waals surface area contributed by atoms with Crippen LogP contribution in [0.4, 0.5) is 0 Å². The minimum Gasteiger partial charge on any atom is -0.486 e. The fourth-order valence-corrected chi connectivity index (χ4v) is 3.11. The quantitative estimate of drug-likeness (QED) is 0.910. The van der Waals surface area contributed by atoms with Gasteiger partial charge in [-0.2, -0.15) is 5.26 Å². The molecule has 0 aliphatic carbocycles. The van der Waals surface area contributed by atoms with Crippen LogP contribution in [0, 0.1) is 11.3 Å². The van der Waals surface area contributed by atoms with Gasteiger partial charge in [-0.05, 0) is 39.0 Å². The van der Waals surface area contributed by atoms with Crippen molar-refractivity contribution in [2.24, 2.45) is 4.99 Å². The summed E-state index contributed by atoms with van der Waals surface area (Å²) in [6.07, 6.45) is 2.74. The van der Waals surface area contributed by atoms with Gasteiger partial charge in [0.15, 0.2) is 0 Å². The van der Waals surface area contributed by atoms with Crippen LogP contribution < -0.4 is 4.74 Å². The number of carbonyl (C=O) groups is 1. The van der Waals surface area contributed by atoms with Gasteiger partial charge in [-0.15, -0.1) is 0 Å². The number of nitrogens with zero attached hydrogens (tertiary/aromatic N) is 2. The number of allylic oxidation sites excluding steroid dienone is 1. The number of aliphatic imine (C=N–C) groups is 1. The molecule has 5 heteroatoms. The molecule has 0 amide bonds. The van der Waals surface area contributed by atoms with Crippen LogP contribution in [0.15, 0.2) is 28.8 Å². The molecule has 1 N–H and O–H groups in total. The third-order valence-corrected chi connectivity index (χ3v) is 4.04. The monoisotopic (exact) mass is 310 g/mol. The van der Waals surface area contributed by atoms with Crippen molar-refractivity contribution in [2.45, 2.75) is 45.3 Å². The lowest BCUT2D eigenvalue weighted by atomic mass is 9.94. The maximum absolute atomic E-state index is 11.3. The second kappa shape index (κ2) is 5.24. The number of ether oxygens (including phenoxy) is 1. The SMILES string of the molecule is CC1CC(C(=O)O)=CC(c2cc(C#N)c3c(c2)CC(C)(C)O3)=N1. The van der Waals surface area contributed by atoms with Crippen molar-refractivity contribution in [1.29, 1.82) is 5.26 Å². The Hall–Kier alpha value is -2.61. The molecule has 0 aromatic heterocycles. The van der Waals surface area contributed by atoms with Crippen molar-refractivity contribution in [1.82, 2.24) is 0 Å². The molecule has 23 heavy (non-hydrogen) atoms. The van der Waals surface area contributed by atoms with Crippen LogP contribution in [0.1, 0.15) is 43.9 Å². The van der Waals surface area contributed by atoms with Crippen molar-refractivity contribution in [3.63, 3.8) is 0 Å². The zero-order chi connectivity index (χ0) is 16.8. The highest BCUT2D eigenvalue weighted by atomic mass is 16.5. The number of fused-ring (bicyclic) bond motifs is 1. The molecule has 1 aromatic rings. The summed E-state index contributed by atoms with van der Waals surface area (Å²) in [5, 5.41) is 18.7. The third kappa shape index (κ3) is 2.85. The molecule has 0 fully saturated rings. The zero-order valence-corrected chi connectivity index (χ0v) is 13.4. The molecule has 1 atom stereocenters. The smallest absolute Gasteiger partial charge is 0.331 e. The Kier molecular flexibility index (Phi) is 3.48. The first-order valence-corrected chi connectivity index (χ1v) is 7.57. The molecule has 118 valence electrons. The summed E-state index contributed by atoms with van der Waals surface area (Å²) in [7, 11) is 0. The van der Waals surface area contributed by atoms with E-state index in [9.17, 15) is 15.2 Å². The van der Waals surface area contributed by atoms with Crippen molar-refractivity contribution in [3.8, 4) is 11.8 Å². The Morgan fingerprint density at radius 1 is 1.48 bits per heavy atom. The molecule has 3 rings (SSSR count). The maximum Gasteiger partial charge on any atom is 0.331 e. The molecule has 0 saturated heterocycles. The molecular weight excluding hydrogens is 292 g/mol. The fraction of sp³-hybridized carbons (Fsp3) is 0.389. The van der Waals surface area contributed by atoms with E-state index in [4.69, 9.17) is 4.74 Å². The number of benzene rings is 1. The van der Waals surface area contributed by atoms with E-state index in [0.29, 0.717) is 35.4 Å². The Bertz CT molecular complexity index is 797. The van der Waals surface area contributed by atoms with Gasteiger partial charge in [0.25, 0.3) is 0 Å². The summed E-state index contributed by atoms with van der Waals surface area (Å²) in [6.45, 7) is 5.85. The summed E-state index contributed by atoms with van der Waals surface area (Å²) in [5.74, 6) is -0.288. The van der Waals surface area contributed by atoms with E-state index in [1.165, 1.54) is 0 Å². The first-order chi connectivity index (χ1) is 10.8. The zero-order valence-electron chi connectivity index (χ0n) is 13.4. The Morgan fingerprint density at radius 3 is 2.87 bits per heavy atom. The maximum atomic E-state index is 11.3. The predicted molar refractivity (Wildman–Crippen MR) is 85.9 cm³/mol. The van der Waals surface area contributed by atoms with Gasteiger partial charge in [0, 0.05) is 29.5 Å². The van der Waals surface area contributed by atoms with E-state index >= 15 is 0 Å². The van der Waals surface area contributed by atoms with E-state index in [-0.39, 0.29) is 11.6 Å². The van der Waals surface area contributed by atoms with Crippen LogP contribution in [0.5, 0.6) is 5.75 Å². The van der Waals surface area contributed by atoms with E-state index in [1.807, 2.05) is 26.8 Å². The van der Waals surface area contributed by atoms with Crippen molar-refractivity contribution < 1.29 is 14.6 Å². The number of carboxylic acids is 1. The van der Waals surface area contributed by atoms with Crippen LogP contribution in [0.3, 0.4) is 0 Å². The van der Waals surface area contributed by atoms with Gasteiger partial charge in [-0.3, -0.25) is 4.99 Å². The normalized spacial score (nSPS) is 21.6. The summed E-state index contributed by atoms with van der Waals surface area (Å²) in [6, 6.07) is 5.77. The number of hydrogen-bond acceptors (Lipinski definition) is 4. The second-order valence-corrected chi connectivity index (χ2v) is 6.70. The lowest BCUT2D eigenvalue weighted by molar-refractivity contribution is -0.132. The average Bonchev–Trinajstić information content (AvgIpc) is 2.79. The number of rotatable bonds is 2. The van der Waals surface area contributed by atoms with E-state index in [2.05, 4.69) is 11.1 Å². The third-order valence-electron chi connectivity index (χ3n) is 4.04. The number of dihydropyridines is 1. The van der Waals surface area contributed by atoms with Crippen LogP contribution in [0.25, 0.3) is 0 Å². The fourth-order valence-electron chi connectivity index (χ4n) is 3.11. The van der Waals surface area contributed by atoms with Crippen molar-refractivity contribution >= 4 is 11.7 Å². The van der Waals surface area contributed by atoms with Crippen LogP contribution >= 0.6 is 0 Å². The Labute approximate surface area is 134 Å². The Balaban J connectivity index is 2.09. The van der Waals surface area contributed by atoms with Gasteiger partial charge in [0.1, 0.15) is 17.4 Å².